The van der Waals surface area contributed by atoms with Crippen molar-refractivity contribution < 1.29 is 62.7 Å². The quantitative estimate of drug-likeness (QED) is 0.0778. The van der Waals surface area contributed by atoms with Gasteiger partial charge in [-0.2, -0.15) is 0 Å². The molecule has 5 aliphatic rings. The monoisotopic (exact) mass is 708 g/mol. The number of ketones is 2. The molecule has 1 saturated heterocycles. The Morgan fingerprint density at radius 2 is 1.88 bits per heavy atom. The van der Waals surface area contributed by atoms with E-state index in [0.29, 0.717) is 24.8 Å². The molecule has 16 heteroatoms. The molecule has 0 spiro atoms. The van der Waals surface area contributed by atoms with Crippen LogP contribution < -0.4 is 5.32 Å². The maximum absolute atomic E-state index is 17.6. The van der Waals surface area contributed by atoms with Crippen LogP contribution in [-0.2, 0) is 43.0 Å². The lowest BCUT2D eigenvalue weighted by atomic mass is 9.45. The largest absolute Gasteiger partial charge is 0.480 e. The van der Waals surface area contributed by atoms with Crippen LogP contribution >= 0.6 is 0 Å². The molecule has 4 aliphatic carbocycles. The number of aliphatic hydroxyl groups excluding tert-OH is 1. The lowest BCUT2D eigenvalue weighted by Crippen LogP contribution is -2.69. The second-order valence-electron chi connectivity index (χ2n) is 15.0. The first-order chi connectivity index (χ1) is 23.3. The molecule has 1 heterocycles. The van der Waals surface area contributed by atoms with Crippen LogP contribution in [-0.4, -0.2) is 93.2 Å². The summed E-state index contributed by atoms with van der Waals surface area (Å²) in [7, 11) is 0. The number of aliphatic hydroxyl groups is 1. The number of fused-ring (bicyclic) bond motifs is 7. The number of hydrogen-bond donors (Lipinski definition) is 3. The third-order valence-corrected chi connectivity index (χ3v) is 11.6. The number of aliphatic carboxylic acids is 1. The van der Waals surface area contributed by atoms with E-state index in [1.165, 1.54) is 6.08 Å². The minimum absolute atomic E-state index is 0.0624. The van der Waals surface area contributed by atoms with E-state index in [1.807, 2.05) is 6.08 Å². The van der Waals surface area contributed by atoms with Crippen LogP contribution in [0.4, 0.5) is 4.39 Å². The van der Waals surface area contributed by atoms with Crippen LogP contribution in [0.3, 0.4) is 0 Å². The number of nitrogens with one attached hydrogen (secondary N) is 1. The van der Waals surface area contributed by atoms with Crippen molar-refractivity contribution in [3.8, 4) is 0 Å². The van der Waals surface area contributed by atoms with Gasteiger partial charge in [0.25, 0.3) is 5.09 Å². The summed E-state index contributed by atoms with van der Waals surface area (Å²) >= 11 is 0. The fourth-order valence-corrected chi connectivity index (χ4v) is 9.36. The Kier molecular flexibility index (Phi) is 10.1. The van der Waals surface area contributed by atoms with Gasteiger partial charge in [0.1, 0.15) is 6.04 Å². The summed E-state index contributed by atoms with van der Waals surface area (Å²) in [5, 5.41) is 32.8. The highest BCUT2D eigenvalue weighted by molar-refractivity contribution is 5.94. The fourth-order valence-electron chi connectivity index (χ4n) is 9.36. The average molecular weight is 709 g/mol. The molecule has 9 atom stereocenters. The van der Waals surface area contributed by atoms with Crippen molar-refractivity contribution >= 4 is 29.4 Å². The molecule has 50 heavy (non-hydrogen) atoms. The van der Waals surface area contributed by atoms with Gasteiger partial charge >= 0.3 is 11.9 Å². The minimum Gasteiger partial charge on any atom is -0.480 e. The molecule has 0 radical (unpaired) electrons. The number of amides is 1. The Morgan fingerprint density at radius 1 is 1.16 bits per heavy atom. The van der Waals surface area contributed by atoms with E-state index in [2.05, 4.69) is 10.2 Å². The van der Waals surface area contributed by atoms with E-state index in [4.69, 9.17) is 14.2 Å². The van der Waals surface area contributed by atoms with Crippen LogP contribution in [0.1, 0.15) is 85.5 Å². The maximum atomic E-state index is 17.6. The topological polar surface area (TPSA) is 218 Å². The first-order valence-electron chi connectivity index (χ1n) is 17.0. The van der Waals surface area contributed by atoms with Crippen LogP contribution in [0.2, 0.25) is 0 Å². The first-order valence-corrected chi connectivity index (χ1v) is 17.0. The first kappa shape index (κ1) is 37.5. The highest BCUT2D eigenvalue weighted by Crippen LogP contribution is 2.72. The number of hydrogen-bond acceptors (Lipinski definition) is 12. The Labute approximate surface area is 288 Å². The zero-order valence-corrected chi connectivity index (χ0v) is 28.6. The zero-order chi connectivity index (χ0) is 36.9. The maximum Gasteiger partial charge on any atom is 0.326 e. The van der Waals surface area contributed by atoms with Crippen LogP contribution in [0.5, 0.6) is 0 Å². The summed E-state index contributed by atoms with van der Waals surface area (Å²) in [6, 6.07) is -1.65. The second kappa shape index (κ2) is 13.4. The number of ether oxygens (including phenoxy) is 3. The molecule has 1 amide bonds. The van der Waals surface area contributed by atoms with E-state index < -0.39 is 99.7 Å². The molecule has 3 N–H and O–H groups in total. The van der Waals surface area contributed by atoms with Gasteiger partial charge in [-0.15, -0.1) is 10.1 Å². The van der Waals surface area contributed by atoms with Gasteiger partial charge in [0.15, 0.2) is 29.4 Å². The number of nitrogens with zero attached hydrogens (tertiary/aromatic N) is 1. The number of Topliss-reactive ketones (excluding diaryl/α,β-unsaturated/α-hetero) is 1. The number of esters is 1. The number of alkyl halides is 1. The number of unbranched alkanes of at least 4 members (excludes halogenated alkanes) is 2. The Hall–Kier alpha value is -3.76. The molecule has 3 fully saturated rings. The van der Waals surface area contributed by atoms with Gasteiger partial charge in [0, 0.05) is 29.6 Å². The molecule has 1 aliphatic heterocycles. The smallest absolute Gasteiger partial charge is 0.326 e. The van der Waals surface area contributed by atoms with Crippen molar-refractivity contribution in [3.05, 3.63) is 33.9 Å². The fraction of sp³-hybridized carbons (Fsp3) is 0.735. The number of carbonyl (C=O) groups excluding carboxylic acids is 4. The van der Waals surface area contributed by atoms with Crippen molar-refractivity contribution in [1.29, 1.82) is 0 Å². The highest BCUT2D eigenvalue weighted by atomic mass is 19.1. The number of halogens is 1. The summed E-state index contributed by atoms with van der Waals surface area (Å²) < 4.78 is 35.5. The number of carboxylic acids is 1. The van der Waals surface area contributed by atoms with Gasteiger partial charge in [-0.1, -0.05) is 31.1 Å². The minimum atomic E-state index is -2.15. The third kappa shape index (κ3) is 6.23. The molecule has 2 saturated carbocycles. The Balaban J connectivity index is 1.27. The van der Waals surface area contributed by atoms with Crippen molar-refractivity contribution in [2.45, 2.75) is 121 Å². The van der Waals surface area contributed by atoms with Gasteiger partial charge in [0.2, 0.25) is 11.7 Å². The van der Waals surface area contributed by atoms with Gasteiger partial charge < -0.3 is 34.6 Å². The average Bonchev–Trinajstić information content (AvgIpc) is 3.43. The molecule has 1 unspecified atom stereocenters. The molecule has 276 valence electrons. The molecular weight excluding hydrogens is 663 g/mol. The van der Waals surface area contributed by atoms with Crippen molar-refractivity contribution in [1.82, 2.24) is 5.32 Å². The van der Waals surface area contributed by atoms with Crippen molar-refractivity contribution in [2.24, 2.45) is 22.7 Å². The SMILES string of the molecule is CC1(C)O[C@@H]2C[C@H]3[C@@H]4CC=C5CC(=O)C=C[C@]5(C)[C@@]4(F)[C@@H](O)C[C@]3(C)[C@]2(C(=O)COC(=O)CC(NC(=O)CCCCCO[N+](=O)[O-])C(=O)O)O1. The molecule has 0 bridgehead atoms. The lowest BCUT2D eigenvalue weighted by molar-refractivity contribution is -0.757. The number of rotatable bonds is 14. The molecular formula is C34H45FN2O13. The third-order valence-electron chi connectivity index (χ3n) is 11.6. The predicted octanol–water partition coefficient (Wildman–Crippen LogP) is 2.70. The van der Waals surface area contributed by atoms with Crippen LogP contribution in [0.15, 0.2) is 23.8 Å². The molecule has 0 aromatic rings. The van der Waals surface area contributed by atoms with Gasteiger partial charge in [-0.05, 0) is 64.9 Å². The highest BCUT2D eigenvalue weighted by Gasteiger charge is 2.80. The summed E-state index contributed by atoms with van der Waals surface area (Å²) in [5.74, 6) is -6.56. The van der Waals surface area contributed by atoms with Crippen molar-refractivity contribution in [3.63, 3.8) is 0 Å². The van der Waals surface area contributed by atoms with Gasteiger partial charge in [-0.25, -0.2) is 9.18 Å². The molecule has 15 nitrogen and oxygen atoms in total. The number of allylic oxidation sites excluding steroid dienone is 4. The van der Waals surface area contributed by atoms with Gasteiger partial charge in [-0.3, -0.25) is 19.2 Å². The van der Waals surface area contributed by atoms with Crippen molar-refractivity contribution in [2.75, 3.05) is 13.2 Å². The van der Waals surface area contributed by atoms with E-state index in [0.717, 1.165) is 0 Å². The van der Waals surface area contributed by atoms with E-state index >= 15 is 4.39 Å². The van der Waals surface area contributed by atoms with E-state index in [1.54, 1.807) is 33.8 Å². The number of carbonyl (C=O) groups is 5. The molecule has 5 rings (SSSR count). The Morgan fingerprint density at radius 3 is 2.56 bits per heavy atom. The predicted molar refractivity (Wildman–Crippen MR) is 168 cm³/mol. The second-order valence-corrected chi connectivity index (χ2v) is 15.0. The lowest BCUT2D eigenvalue weighted by Gasteiger charge is -2.62. The summed E-state index contributed by atoms with van der Waals surface area (Å²) in [4.78, 5) is 77.8. The summed E-state index contributed by atoms with van der Waals surface area (Å²) in [5.41, 5.74) is -5.67. The zero-order valence-electron chi connectivity index (χ0n) is 28.6. The summed E-state index contributed by atoms with van der Waals surface area (Å²) in [6.07, 6.45) is 2.84. The van der Waals surface area contributed by atoms with Crippen LogP contribution in [0, 0.1) is 32.8 Å². The summed E-state index contributed by atoms with van der Waals surface area (Å²) in [6.45, 7) is 5.76. The standard InChI is InChI=1S/C34H45FN2O13/c1-30(2)49-26-15-22-21-10-9-19-14-20(38)11-12-31(19,3)33(21,35)24(39)17-32(22,4)34(26,50-30)25(40)18-47-28(42)16-23(29(43)44)36-27(41)8-6-5-7-13-48-37(45)46/h9,11-12,21-24,26,39H,5-8,10,13-18H2,1-4H3,(H,36,41)(H,43,44)/t21-,22-,23?,24-,26+,31-,32-,33-,34+/m0/s1. The normalized spacial score (nSPS) is 36.9. The Bertz CT molecular complexity index is 1510. The van der Waals surface area contributed by atoms with Gasteiger partial charge in [0.05, 0.1) is 25.2 Å². The molecule has 0 aromatic carbocycles. The van der Waals surface area contributed by atoms with E-state index in [9.17, 15) is 44.3 Å². The number of carboxylic acid groups (broad SMARTS) is 1. The van der Waals surface area contributed by atoms with E-state index in [-0.39, 0.29) is 44.5 Å². The molecule has 0 aromatic heterocycles. The van der Waals surface area contributed by atoms with Crippen LogP contribution in [0.25, 0.3) is 0 Å².